The SMILES string of the molecule is O=c1[nH]c(=S)c2c(n1Cc1cccnc1)CCC2. The fourth-order valence-corrected chi connectivity index (χ4v) is 2.78. The van der Waals surface area contributed by atoms with Crippen LogP contribution in [0.25, 0.3) is 0 Å². The summed E-state index contributed by atoms with van der Waals surface area (Å²) in [5, 5.41) is 0. The summed E-state index contributed by atoms with van der Waals surface area (Å²) in [6, 6.07) is 3.86. The quantitative estimate of drug-likeness (QED) is 0.837. The normalized spacial score (nSPS) is 13.6. The Morgan fingerprint density at radius 1 is 1.44 bits per heavy atom. The third-order valence-electron chi connectivity index (χ3n) is 3.32. The van der Waals surface area contributed by atoms with Crippen LogP contribution in [0.1, 0.15) is 23.2 Å². The lowest BCUT2D eigenvalue weighted by Gasteiger charge is -2.11. The van der Waals surface area contributed by atoms with Crippen molar-refractivity contribution in [3.05, 3.63) is 56.5 Å². The third-order valence-corrected chi connectivity index (χ3v) is 3.67. The first-order valence-electron chi connectivity index (χ1n) is 5.99. The number of pyridine rings is 1. The second-order valence-electron chi connectivity index (χ2n) is 4.49. The van der Waals surface area contributed by atoms with Gasteiger partial charge >= 0.3 is 5.69 Å². The van der Waals surface area contributed by atoms with E-state index in [1.54, 1.807) is 17.0 Å². The molecule has 0 spiro atoms. The second-order valence-corrected chi connectivity index (χ2v) is 4.89. The summed E-state index contributed by atoms with van der Waals surface area (Å²) in [7, 11) is 0. The average Bonchev–Trinajstić information content (AvgIpc) is 2.85. The van der Waals surface area contributed by atoms with Crippen LogP contribution in [-0.2, 0) is 19.4 Å². The Morgan fingerprint density at radius 3 is 3.11 bits per heavy atom. The molecule has 1 aliphatic rings. The minimum Gasteiger partial charge on any atom is -0.298 e. The van der Waals surface area contributed by atoms with Gasteiger partial charge in [-0.3, -0.25) is 14.5 Å². The van der Waals surface area contributed by atoms with E-state index in [9.17, 15) is 4.79 Å². The van der Waals surface area contributed by atoms with Gasteiger partial charge in [0.2, 0.25) is 0 Å². The van der Waals surface area contributed by atoms with Gasteiger partial charge in [-0.05, 0) is 30.9 Å². The van der Waals surface area contributed by atoms with E-state index in [-0.39, 0.29) is 5.69 Å². The highest BCUT2D eigenvalue weighted by Crippen LogP contribution is 2.21. The Morgan fingerprint density at radius 2 is 2.33 bits per heavy atom. The summed E-state index contributed by atoms with van der Waals surface area (Å²) in [4.78, 5) is 18.9. The van der Waals surface area contributed by atoms with Gasteiger partial charge in [0.25, 0.3) is 0 Å². The molecular formula is C13H13N3OS. The number of aromatic amines is 1. The van der Waals surface area contributed by atoms with Gasteiger partial charge in [0, 0.05) is 23.7 Å². The van der Waals surface area contributed by atoms with Crippen molar-refractivity contribution in [1.82, 2.24) is 14.5 Å². The highest BCUT2D eigenvalue weighted by Gasteiger charge is 2.18. The van der Waals surface area contributed by atoms with Crippen molar-refractivity contribution in [3.8, 4) is 0 Å². The number of fused-ring (bicyclic) bond motifs is 1. The monoisotopic (exact) mass is 259 g/mol. The summed E-state index contributed by atoms with van der Waals surface area (Å²) in [6.45, 7) is 0.557. The molecule has 0 saturated heterocycles. The van der Waals surface area contributed by atoms with Gasteiger partial charge in [0.05, 0.1) is 6.54 Å². The van der Waals surface area contributed by atoms with Gasteiger partial charge in [0.1, 0.15) is 4.64 Å². The highest BCUT2D eigenvalue weighted by molar-refractivity contribution is 7.71. The number of aromatic nitrogens is 3. The standard InChI is InChI=1S/C13H13N3OS/c17-13-15-12(18)10-4-1-5-11(10)16(13)8-9-3-2-6-14-7-9/h2-3,6-7H,1,4-5,8H2,(H,15,17,18). The zero-order chi connectivity index (χ0) is 12.5. The first-order chi connectivity index (χ1) is 8.75. The van der Waals surface area contributed by atoms with Crippen LogP contribution < -0.4 is 5.69 Å². The number of rotatable bonds is 2. The van der Waals surface area contributed by atoms with Crippen molar-refractivity contribution in [3.63, 3.8) is 0 Å². The Hall–Kier alpha value is -1.75. The molecule has 0 fully saturated rings. The van der Waals surface area contributed by atoms with Crippen LogP contribution in [0.3, 0.4) is 0 Å². The zero-order valence-electron chi connectivity index (χ0n) is 9.85. The number of H-pyrrole nitrogens is 1. The molecule has 0 radical (unpaired) electrons. The van der Waals surface area contributed by atoms with Crippen LogP contribution in [0.15, 0.2) is 29.3 Å². The molecule has 0 unspecified atom stereocenters. The van der Waals surface area contributed by atoms with Crippen molar-refractivity contribution in [1.29, 1.82) is 0 Å². The molecule has 18 heavy (non-hydrogen) atoms. The van der Waals surface area contributed by atoms with E-state index >= 15 is 0 Å². The maximum absolute atomic E-state index is 12.0. The van der Waals surface area contributed by atoms with E-state index in [0.717, 1.165) is 36.1 Å². The molecule has 5 heteroatoms. The molecule has 2 heterocycles. The fraction of sp³-hybridized carbons (Fsp3) is 0.308. The van der Waals surface area contributed by atoms with Gasteiger partial charge in [-0.1, -0.05) is 18.3 Å². The third kappa shape index (κ3) is 1.90. The topological polar surface area (TPSA) is 50.7 Å². The van der Waals surface area contributed by atoms with Crippen LogP contribution in [0.4, 0.5) is 0 Å². The molecule has 0 aliphatic heterocycles. The van der Waals surface area contributed by atoms with Crippen molar-refractivity contribution >= 4 is 12.2 Å². The van der Waals surface area contributed by atoms with E-state index < -0.39 is 0 Å². The lowest BCUT2D eigenvalue weighted by Crippen LogP contribution is -2.27. The van der Waals surface area contributed by atoms with Crippen LogP contribution in [-0.4, -0.2) is 14.5 Å². The van der Waals surface area contributed by atoms with Crippen LogP contribution in [0, 0.1) is 4.64 Å². The first kappa shape index (κ1) is 11.3. The second kappa shape index (κ2) is 4.49. The molecule has 0 aromatic carbocycles. The Bertz CT molecular complexity index is 688. The predicted octanol–water partition coefficient (Wildman–Crippen LogP) is 1.84. The molecule has 0 amide bonds. The van der Waals surface area contributed by atoms with Crippen LogP contribution in [0.5, 0.6) is 0 Å². The van der Waals surface area contributed by atoms with Crippen molar-refractivity contribution < 1.29 is 0 Å². The highest BCUT2D eigenvalue weighted by atomic mass is 32.1. The molecule has 92 valence electrons. The number of hydrogen-bond acceptors (Lipinski definition) is 3. The molecule has 2 aromatic rings. The van der Waals surface area contributed by atoms with Gasteiger partial charge in [-0.25, -0.2) is 4.79 Å². The number of nitrogens with one attached hydrogen (secondary N) is 1. The number of nitrogens with zero attached hydrogens (tertiary/aromatic N) is 2. The van der Waals surface area contributed by atoms with E-state index in [1.165, 1.54) is 0 Å². The van der Waals surface area contributed by atoms with Gasteiger partial charge in [-0.2, -0.15) is 0 Å². The lowest BCUT2D eigenvalue weighted by atomic mass is 10.2. The predicted molar refractivity (Wildman–Crippen MR) is 71.3 cm³/mol. The molecule has 4 nitrogen and oxygen atoms in total. The molecular weight excluding hydrogens is 246 g/mol. The smallest absolute Gasteiger partial charge is 0.298 e. The molecule has 1 aliphatic carbocycles. The van der Waals surface area contributed by atoms with Crippen molar-refractivity contribution in [2.75, 3.05) is 0 Å². The Balaban J connectivity index is 2.11. The molecule has 0 bridgehead atoms. The van der Waals surface area contributed by atoms with Gasteiger partial charge in [-0.15, -0.1) is 0 Å². The van der Waals surface area contributed by atoms with E-state index in [1.807, 2.05) is 12.1 Å². The molecule has 0 atom stereocenters. The van der Waals surface area contributed by atoms with E-state index in [0.29, 0.717) is 11.2 Å². The zero-order valence-corrected chi connectivity index (χ0v) is 10.7. The Labute approximate surface area is 109 Å². The minimum atomic E-state index is -0.121. The largest absolute Gasteiger partial charge is 0.327 e. The summed E-state index contributed by atoms with van der Waals surface area (Å²) in [5.74, 6) is 0. The van der Waals surface area contributed by atoms with Crippen molar-refractivity contribution in [2.45, 2.75) is 25.8 Å². The summed E-state index contributed by atoms with van der Waals surface area (Å²) < 4.78 is 2.39. The molecule has 3 rings (SSSR count). The first-order valence-corrected chi connectivity index (χ1v) is 6.40. The number of hydrogen-bond donors (Lipinski definition) is 1. The summed E-state index contributed by atoms with van der Waals surface area (Å²) in [6.07, 6.45) is 6.50. The molecule has 1 N–H and O–H groups in total. The molecule has 2 aromatic heterocycles. The van der Waals surface area contributed by atoms with Gasteiger partial charge in [0.15, 0.2) is 0 Å². The Kier molecular flexibility index (Phi) is 2.83. The fourth-order valence-electron chi connectivity index (χ4n) is 2.47. The summed E-state index contributed by atoms with van der Waals surface area (Å²) in [5.41, 5.74) is 3.13. The van der Waals surface area contributed by atoms with E-state index in [2.05, 4.69) is 9.97 Å². The molecule has 0 saturated carbocycles. The minimum absolute atomic E-state index is 0.121. The van der Waals surface area contributed by atoms with Crippen LogP contribution in [0.2, 0.25) is 0 Å². The lowest BCUT2D eigenvalue weighted by molar-refractivity contribution is 0.678. The van der Waals surface area contributed by atoms with Gasteiger partial charge < -0.3 is 0 Å². The summed E-state index contributed by atoms with van der Waals surface area (Å²) >= 11 is 5.21. The van der Waals surface area contributed by atoms with Crippen molar-refractivity contribution in [2.24, 2.45) is 0 Å². The maximum Gasteiger partial charge on any atom is 0.327 e. The van der Waals surface area contributed by atoms with E-state index in [4.69, 9.17) is 12.2 Å². The maximum atomic E-state index is 12.0. The van der Waals surface area contributed by atoms with Crippen LogP contribution >= 0.6 is 12.2 Å². The average molecular weight is 259 g/mol.